The average Bonchev–Trinajstić information content (AvgIpc) is 0.918. The van der Waals surface area contributed by atoms with Gasteiger partial charge in [-0.3, -0.25) is 0 Å². The van der Waals surface area contributed by atoms with Gasteiger partial charge in [0.25, 0.3) is 0 Å². The van der Waals surface area contributed by atoms with Crippen LogP contribution in [-0.2, 0) is 0 Å². The maximum absolute atomic E-state index is 3.15. The normalized spacial score (nSPS) is 4.50. The fraction of sp³-hybridized carbons (Fsp3) is 1.00. The topological polar surface area (TPSA) is 0 Å². The molecule has 4 heavy (non-hydrogen) atoms. The van der Waals surface area contributed by atoms with Crippen LogP contribution in [0, 0.1) is 0 Å². The number of rotatable bonds is 0. The summed E-state index contributed by atoms with van der Waals surface area (Å²) in [6.07, 6.45) is 0. The molecule has 0 radical (unpaired) electrons. The number of hydrogen-bond acceptors (Lipinski definition) is 0. The van der Waals surface area contributed by atoms with Crippen LogP contribution in [0.4, 0.5) is 0 Å². The Morgan fingerprint density at radius 3 is 1.75 bits per heavy atom. The molecule has 0 heterocycles. The van der Waals surface area contributed by atoms with Crippen LogP contribution in [0.25, 0.3) is 0 Å². The Bertz CT molecular complexity index is 6.00. The predicted molar refractivity (Wildman–Crippen MR) is 19.5 cm³/mol. The van der Waals surface area contributed by atoms with Crippen LogP contribution in [0.5, 0.6) is 0 Å². The van der Waals surface area contributed by atoms with Crippen molar-refractivity contribution < 1.29 is 29.6 Å². The van der Waals surface area contributed by atoms with Crippen LogP contribution in [0.2, 0.25) is 0 Å². The summed E-state index contributed by atoms with van der Waals surface area (Å²) < 4.78 is 0. The second-order valence-electron chi connectivity index (χ2n) is 0.267. The minimum Gasteiger partial charge on any atom is -0.0931 e. The molecule has 0 aliphatic carbocycles. The third-order valence-electron chi connectivity index (χ3n) is 0. The van der Waals surface area contributed by atoms with Crippen LogP contribution in [0.15, 0.2) is 0 Å². The van der Waals surface area contributed by atoms with Crippen molar-refractivity contribution in [2.24, 2.45) is 0 Å². The number of hydrogen-bond donors (Lipinski definition) is 0. The van der Waals surface area contributed by atoms with E-state index in [4.69, 9.17) is 0 Å². The third-order valence-corrected chi connectivity index (χ3v) is 0. The summed E-state index contributed by atoms with van der Waals surface area (Å²) >= 11 is 3.15. The van der Waals surface area contributed by atoms with Gasteiger partial charge in [0.15, 0.2) is 0 Å². The van der Waals surface area contributed by atoms with Crippen molar-refractivity contribution in [3.8, 4) is 0 Å². The molecule has 0 aromatic heterocycles. The Kier molecular flexibility index (Phi) is 20.0. The Hall–Kier alpha value is 1.48. The first kappa shape index (κ1) is 9.08. The zero-order valence-corrected chi connectivity index (χ0v) is 6.67. The molecule has 0 saturated heterocycles. The van der Waals surface area contributed by atoms with E-state index in [1.807, 2.05) is 6.92 Å². The van der Waals surface area contributed by atoms with Gasteiger partial charge in [0.05, 0.1) is 0 Å². The molecule has 0 aliphatic heterocycles. The second kappa shape index (κ2) is 8.82. The molecule has 0 nitrogen and oxygen atoms in total. The van der Waals surface area contributed by atoms with E-state index < -0.39 is 0 Å². The molecule has 0 saturated carbocycles. The number of alkyl halides is 1. The van der Waals surface area contributed by atoms with E-state index >= 15 is 0 Å². The quantitative estimate of drug-likeness (QED) is 0.275. The largest absolute Gasteiger partial charge is 1.00 e. The maximum Gasteiger partial charge on any atom is 1.00 e. The van der Waals surface area contributed by atoms with Gasteiger partial charge in [0.1, 0.15) is 0 Å². The van der Waals surface area contributed by atoms with Crippen LogP contribution in [-0.4, -0.2) is 5.33 Å². The van der Waals surface area contributed by atoms with E-state index in [0.29, 0.717) is 0 Å². The second-order valence-corrected chi connectivity index (χ2v) is 1.39. The predicted octanol–water partition coefficient (Wildman–Crippen LogP) is -1.59. The fourth-order valence-electron chi connectivity index (χ4n) is 0. The molecule has 0 amide bonds. The zero-order chi connectivity index (χ0) is 2.71. The fourth-order valence-corrected chi connectivity index (χ4v) is 0. The van der Waals surface area contributed by atoms with E-state index in [2.05, 4.69) is 15.9 Å². The first-order valence-electron chi connectivity index (χ1n) is 0.974. The molecule has 20 valence electrons. The summed E-state index contributed by atoms with van der Waals surface area (Å²) in [5.74, 6) is 0. The molecule has 0 bridgehead atoms. The van der Waals surface area contributed by atoms with E-state index in [1.54, 1.807) is 0 Å². The molecule has 0 unspecified atom stereocenters. The average molecular weight is 132 g/mol. The van der Waals surface area contributed by atoms with Gasteiger partial charge in [-0.2, -0.15) is 0 Å². The maximum atomic E-state index is 3.15. The van der Waals surface area contributed by atoms with Crippen LogP contribution in [0.3, 0.4) is 0 Å². The van der Waals surface area contributed by atoms with Crippen molar-refractivity contribution in [3.05, 3.63) is 0 Å². The summed E-state index contributed by atoms with van der Waals surface area (Å²) in [6, 6.07) is 0. The van der Waals surface area contributed by atoms with Gasteiger partial charge in [0.2, 0.25) is 0 Å². The van der Waals surface area contributed by atoms with Gasteiger partial charge in [0, 0.05) is 5.33 Å². The molecule has 0 aromatic rings. The van der Waals surface area contributed by atoms with E-state index in [1.165, 1.54) is 0 Å². The molecule has 2 heteroatoms. The first-order valence-corrected chi connectivity index (χ1v) is 2.10. The molecule has 0 rings (SSSR count). The molecule has 0 atom stereocenters. The van der Waals surface area contributed by atoms with E-state index in [9.17, 15) is 0 Å². The van der Waals surface area contributed by atoms with Gasteiger partial charge in [-0.05, 0) is 0 Å². The molecular weight excluding hydrogens is 127 g/mol. The van der Waals surface area contributed by atoms with Gasteiger partial charge in [-0.1, -0.05) is 22.9 Å². The molecule has 0 aromatic carbocycles. The van der Waals surface area contributed by atoms with Crippen LogP contribution in [0.1, 0.15) is 6.92 Å². The van der Waals surface area contributed by atoms with Crippen molar-refractivity contribution in [1.29, 1.82) is 0 Å². The van der Waals surface area contributed by atoms with Crippen molar-refractivity contribution >= 4 is 15.9 Å². The Morgan fingerprint density at radius 2 is 1.75 bits per heavy atom. The molecule has 0 N–H and O–H groups in total. The van der Waals surface area contributed by atoms with E-state index in [0.717, 1.165) is 5.33 Å². The van der Waals surface area contributed by atoms with Crippen LogP contribution >= 0.6 is 15.9 Å². The van der Waals surface area contributed by atoms with Crippen molar-refractivity contribution in [3.63, 3.8) is 0 Å². The monoisotopic (exact) mass is 131 g/mol. The van der Waals surface area contributed by atoms with Gasteiger partial charge in [-0.15, -0.1) is 0 Å². The smallest absolute Gasteiger partial charge is 0.0931 e. The summed E-state index contributed by atoms with van der Waals surface area (Å²) in [7, 11) is 0. The summed E-state index contributed by atoms with van der Waals surface area (Å²) in [5.41, 5.74) is 0. The SMILES string of the molecule is CCBr.[Na+]. The first-order chi connectivity index (χ1) is 1.41. The third kappa shape index (κ3) is 9.77. The van der Waals surface area contributed by atoms with Crippen molar-refractivity contribution in [2.75, 3.05) is 5.33 Å². The summed E-state index contributed by atoms with van der Waals surface area (Å²) in [6.45, 7) is 2.04. The van der Waals surface area contributed by atoms with Crippen molar-refractivity contribution in [2.45, 2.75) is 6.92 Å². The summed E-state index contributed by atoms with van der Waals surface area (Å²) in [5, 5.41) is 1.06. The van der Waals surface area contributed by atoms with Gasteiger partial charge in [-0.25, -0.2) is 0 Å². The minimum absolute atomic E-state index is 0. The molecular formula is C2H5BrNa+. The minimum atomic E-state index is 0. The Balaban J connectivity index is 0. The summed E-state index contributed by atoms with van der Waals surface area (Å²) in [4.78, 5) is 0. The number of halogens is 1. The van der Waals surface area contributed by atoms with Gasteiger partial charge >= 0.3 is 29.6 Å². The zero-order valence-electron chi connectivity index (χ0n) is 3.09. The molecule has 0 fully saturated rings. The standard InChI is InChI=1S/C2H5Br.Na/c1-2-3;/h2H2,1H3;/q;+1. The van der Waals surface area contributed by atoms with E-state index in [-0.39, 0.29) is 29.6 Å². The Labute approximate surface area is 57.4 Å². The van der Waals surface area contributed by atoms with Crippen molar-refractivity contribution in [1.82, 2.24) is 0 Å². The molecule has 0 aliphatic rings. The van der Waals surface area contributed by atoms with Crippen LogP contribution < -0.4 is 29.6 Å². The Morgan fingerprint density at radius 1 is 1.75 bits per heavy atom. The van der Waals surface area contributed by atoms with Gasteiger partial charge < -0.3 is 0 Å². The molecule has 0 spiro atoms.